The van der Waals surface area contributed by atoms with Gasteiger partial charge in [0.05, 0.1) is 11.5 Å². The Balaban J connectivity index is 1.76. The minimum Gasteiger partial charge on any atom is -0.392 e. The van der Waals surface area contributed by atoms with Crippen LogP contribution < -0.4 is 10.2 Å². The average Bonchev–Trinajstić information content (AvgIpc) is 2.62. The maximum atomic E-state index is 11.3. The summed E-state index contributed by atoms with van der Waals surface area (Å²) in [5.41, 5.74) is 3.60. The van der Waals surface area contributed by atoms with E-state index in [1.165, 1.54) is 17.3 Å². The first-order valence-electron chi connectivity index (χ1n) is 8.53. The molecule has 0 radical (unpaired) electrons. The van der Waals surface area contributed by atoms with Crippen LogP contribution in [-0.2, 0) is 6.61 Å². The van der Waals surface area contributed by atoms with E-state index >= 15 is 0 Å². The topological polar surface area (TPSA) is 78.6 Å². The Kier molecular flexibility index (Phi) is 5.19. The number of aliphatic hydroxyl groups is 1. The number of nitrogens with zero attached hydrogens (tertiary/aromatic N) is 2. The molecule has 0 spiro atoms. The molecule has 6 heteroatoms. The zero-order chi connectivity index (χ0) is 17.8. The number of nitro groups is 1. The number of hydrogen-bond acceptors (Lipinski definition) is 5. The highest BCUT2D eigenvalue weighted by atomic mass is 16.6. The fourth-order valence-corrected chi connectivity index (χ4v) is 3.26. The molecule has 0 aliphatic carbocycles. The molecule has 1 atom stereocenters. The first kappa shape index (κ1) is 17.2. The van der Waals surface area contributed by atoms with Crippen LogP contribution >= 0.6 is 0 Å². The number of hydrogen-bond donors (Lipinski definition) is 2. The van der Waals surface area contributed by atoms with E-state index in [1.54, 1.807) is 12.1 Å². The zero-order valence-corrected chi connectivity index (χ0v) is 14.3. The zero-order valence-electron chi connectivity index (χ0n) is 14.3. The van der Waals surface area contributed by atoms with Crippen molar-refractivity contribution >= 4 is 17.1 Å². The summed E-state index contributed by atoms with van der Waals surface area (Å²) in [6.07, 6.45) is 1.99. The summed E-state index contributed by atoms with van der Waals surface area (Å²) in [5.74, 6) is 0. The predicted molar refractivity (Wildman–Crippen MR) is 99.1 cm³/mol. The van der Waals surface area contributed by atoms with Crippen LogP contribution in [0, 0.1) is 17.0 Å². The molecule has 1 aliphatic rings. The third kappa shape index (κ3) is 4.09. The third-order valence-electron chi connectivity index (χ3n) is 4.62. The second-order valence-electron chi connectivity index (χ2n) is 6.53. The maximum absolute atomic E-state index is 11.3. The Labute approximate surface area is 147 Å². The smallest absolute Gasteiger partial charge is 0.292 e. The normalized spacial score (nSPS) is 17.4. The fourth-order valence-electron chi connectivity index (χ4n) is 3.26. The van der Waals surface area contributed by atoms with E-state index in [0.29, 0.717) is 11.3 Å². The summed E-state index contributed by atoms with van der Waals surface area (Å²) in [5, 5.41) is 23.9. The van der Waals surface area contributed by atoms with Crippen LogP contribution in [0.15, 0.2) is 42.5 Å². The summed E-state index contributed by atoms with van der Waals surface area (Å²) in [7, 11) is 0. The molecule has 0 saturated carbocycles. The average molecular weight is 341 g/mol. The molecule has 1 heterocycles. The number of benzene rings is 2. The third-order valence-corrected chi connectivity index (χ3v) is 4.62. The Morgan fingerprint density at radius 1 is 1.28 bits per heavy atom. The quantitative estimate of drug-likeness (QED) is 0.643. The molecule has 2 N–H and O–H groups in total. The molecule has 1 saturated heterocycles. The number of rotatable bonds is 5. The van der Waals surface area contributed by atoms with Gasteiger partial charge in [0.25, 0.3) is 5.69 Å². The Bertz CT molecular complexity index is 746. The molecule has 3 rings (SSSR count). The van der Waals surface area contributed by atoms with E-state index in [-0.39, 0.29) is 23.3 Å². The standard InChI is InChI=1S/C19H23N3O3/c1-14-4-7-17(8-5-14)21-10-2-3-16(12-21)20-18-11-15(13-23)6-9-19(18)22(24)25/h4-9,11,16,20,23H,2-3,10,12-13H2,1H3. The van der Waals surface area contributed by atoms with Gasteiger partial charge in [-0.3, -0.25) is 10.1 Å². The predicted octanol–water partition coefficient (Wildman–Crippen LogP) is 3.48. The highest BCUT2D eigenvalue weighted by Gasteiger charge is 2.23. The molecule has 2 aromatic carbocycles. The van der Waals surface area contributed by atoms with Crippen molar-refractivity contribution in [3.63, 3.8) is 0 Å². The number of piperidine rings is 1. The Hall–Kier alpha value is -2.60. The molecular formula is C19H23N3O3. The van der Waals surface area contributed by atoms with Gasteiger partial charge in [-0.1, -0.05) is 17.7 Å². The maximum Gasteiger partial charge on any atom is 0.292 e. The lowest BCUT2D eigenvalue weighted by Crippen LogP contribution is -2.42. The monoisotopic (exact) mass is 341 g/mol. The van der Waals surface area contributed by atoms with E-state index in [2.05, 4.69) is 41.4 Å². The van der Waals surface area contributed by atoms with Crippen molar-refractivity contribution in [1.82, 2.24) is 0 Å². The van der Waals surface area contributed by atoms with Crippen molar-refractivity contribution in [2.45, 2.75) is 32.4 Å². The lowest BCUT2D eigenvalue weighted by Gasteiger charge is -2.35. The molecule has 0 bridgehead atoms. The highest BCUT2D eigenvalue weighted by Crippen LogP contribution is 2.29. The summed E-state index contributed by atoms with van der Waals surface area (Å²) in [4.78, 5) is 13.2. The lowest BCUT2D eigenvalue weighted by molar-refractivity contribution is -0.384. The molecule has 25 heavy (non-hydrogen) atoms. The van der Waals surface area contributed by atoms with Crippen molar-refractivity contribution in [2.75, 3.05) is 23.3 Å². The van der Waals surface area contributed by atoms with Crippen molar-refractivity contribution < 1.29 is 10.0 Å². The van der Waals surface area contributed by atoms with Crippen LogP contribution in [0.25, 0.3) is 0 Å². The van der Waals surface area contributed by atoms with Crippen LogP contribution in [0.2, 0.25) is 0 Å². The molecule has 6 nitrogen and oxygen atoms in total. The van der Waals surface area contributed by atoms with Gasteiger partial charge in [-0.2, -0.15) is 0 Å². The van der Waals surface area contributed by atoms with Gasteiger partial charge in [-0.05, 0) is 49.6 Å². The van der Waals surface area contributed by atoms with E-state index in [4.69, 9.17) is 0 Å². The highest BCUT2D eigenvalue weighted by molar-refractivity contribution is 5.63. The van der Waals surface area contributed by atoms with E-state index in [0.717, 1.165) is 25.9 Å². The fraction of sp³-hybridized carbons (Fsp3) is 0.368. The second-order valence-corrected chi connectivity index (χ2v) is 6.53. The summed E-state index contributed by atoms with van der Waals surface area (Å²) in [6.45, 7) is 3.72. The number of aryl methyl sites for hydroxylation is 1. The van der Waals surface area contributed by atoms with Gasteiger partial charge >= 0.3 is 0 Å². The minimum atomic E-state index is -0.385. The summed E-state index contributed by atoms with van der Waals surface area (Å²) < 4.78 is 0. The van der Waals surface area contributed by atoms with Gasteiger partial charge in [0, 0.05) is 30.9 Å². The Morgan fingerprint density at radius 3 is 2.72 bits per heavy atom. The number of aliphatic hydroxyl groups excluding tert-OH is 1. The largest absolute Gasteiger partial charge is 0.392 e. The summed E-state index contributed by atoms with van der Waals surface area (Å²) >= 11 is 0. The van der Waals surface area contributed by atoms with Gasteiger partial charge in [0.15, 0.2) is 0 Å². The number of nitro benzene ring substituents is 1. The first-order valence-corrected chi connectivity index (χ1v) is 8.53. The first-order chi connectivity index (χ1) is 12.1. The van der Waals surface area contributed by atoms with E-state index in [1.807, 2.05) is 0 Å². The lowest BCUT2D eigenvalue weighted by atomic mass is 10.0. The van der Waals surface area contributed by atoms with Gasteiger partial charge < -0.3 is 15.3 Å². The molecule has 1 fully saturated rings. The van der Waals surface area contributed by atoms with Gasteiger partial charge in [-0.15, -0.1) is 0 Å². The van der Waals surface area contributed by atoms with Gasteiger partial charge in [0.2, 0.25) is 0 Å². The molecule has 0 aromatic heterocycles. The minimum absolute atomic E-state index is 0.0460. The second kappa shape index (κ2) is 7.53. The van der Waals surface area contributed by atoms with Gasteiger partial charge in [-0.25, -0.2) is 0 Å². The van der Waals surface area contributed by atoms with Crippen molar-refractivity contribution in [1.29, 1.82) is 0 Å². The number of anilines is 2. The van der Waals surface area contributed by atoms with Crippen LogP contribution in [0.4, 0.5) is 17.1 Å². The van der Waals surface area contributed by atoms with Crippen molar-refractivity contribution in [2.24, 2.45) is 0 Å². The van der Waals surface area contributed by atoms with Crippen LogP contribution in [0.3, 0.4) is 0 Å². The van der Waals surface area contributed by atoms with Gasteiger partial charge in [0.1, 0.15) is 5.69 Å². The van der Waals surface area contributed by atoms with Crippen LogP contribution in [-0.4, -0.2) is 29.2 Å². The molecule has 0 amide bonds. The summed E-state index contributed by atoms with van der Waals surface area (Å²) in [6, 6.07) is 13.3. The van der Waals surface area contributed by atoms with Crippen LogP contribution in [0.5, 0.6) is 0 Å². The Morgan fingerprint density at radius 2 is 2.04 bits per heavy atom. The molecule has 1 aliphatic heterocycles. The number of nitrogens with one attached hydrogen (secondary N) is 1. The molecule has 1 unspecified atom stereocenters. The molecule has 132 valence electrons. The van der Waals surface area contributed by atoms with Crippen molar-refractivity contribution in [3.05, 3.63) is 63.7 Å². The molecule has 2 aromatic rings. The SMILES string of the molecule is Cc1ccc(N2CCCC(Nc3cc(CO)ccc3[N+](=O)[O-])C2)cc1. The molecular weight excluding hydrogens is 318 g/mol. The van der Waals surface area contributed by atoms with Crippen LogP contribution in [0.1, 0.15) is 24.0 Å². The van der Waals surface area contributed by atoms with E-state index < -0.39 is 0 Å². The van der Waals surface area contributed by atoms with E-state index in [9.17, 15) is 15.2 Å². The van der Waals surface area contributed by atoms with Crippen molar-refractivity contribution in [3.8, 4) is 0 Å².